The number of anilines is 1. The van der Waals surface area contributed by atoms with Crippen LogP contribution in [0.4, 0.5) is 5.88 Å². The van der Waals surface area contributed by atoms with Crippen molar-refractivity contribution in [1.82, 2.24) is 10.1 Å². The van der Waals surface area contributed by atoms with Gasteiger partial charge >= 0.3 is 0 Å². The number of nitrogens with two attached hydrogens (primary N) is 1. The van der Waals surface area contributed by atoms with Gasteiger partial charge in [0, 0.05) is 18.7 Å². The highest BCUT2D eigenvalue weighted by Crippen LogP contribution is 2.17. The molecule has 1 aromatic rings. The highest BCUT2D eigenvalue weighted by molar-refractivity contribution is 5.90. The van der Waals surface area contributed by atoms with Crippen molar-refractivity contribution in [3.05, 3.63) is 11.8 Å². The van der Waals surface area contributed by atoms with Crippen LogP contribution in [-0.4, -0.2) is 41.6 Å². The lowest BCUT2D eigenvalue weighted by Crippen LogP contribution is -2.45. The van der Waals surface area contributed by atoms with Gasteiger partial charge in [0.25, 0.3) is 0 Å². The standard InChI is InChI=1S/C13H22N4O2/c1-9(2)11-6-13(19-16-11)15-12(18)8-17-5-3-4-10(14)7-17/h6,9-10H,3-5,7-8,14H2,1-2H3,(H,15,18)/t10-/m1/s1. The minimum atomic E-state index is -0.0828. The molecule has 3 N–H and O–H groups in total. The number of carbonyl (C=O) groups excluding carboxylic acids is 1. The summed E-state index contributed by atoms with van der Waals surface area (Å²) in [6.07, 6.45) is 2.09. The first-order chi connectivity index (χ1) is 9.04. The molecule has 1 amide bonds. The third kappa shape index (κ3) is 4.04. The molecule has 0 spiro atoms. The molecule has 0 saturated carbocycles. The molecule has 0 bridgehead atoms. The lowest BCUT2D eigenvalue weighted by atomic mass is 10.1. The molecular formula is C13H22N4O2. The molecule has 1 saturated heterocycles. The highest BCUT2D eigenvalue weighted by atomic mass is 16.5. The second-order valence-corrected chi connectivity index (χ2v) is 5.46. The molecular weight excluding hydrogens is 244 g/mol. The molecule has 0 aromatic carbocycles. The number of hydrogen-bond acceptors (Lipinski definition) is 5. The largest absolute Gasteiger partial charge is 0.338 e. The van der Waals surface area contributed by atoms with Gasteiger partial charge in [-0.25, -0.2) is 0 Å². The van der Waals surface area contributed by atoms with E-state index in [1.165, 1.54) is 0 Å². The van der Waals surface area contributed by atoms with E-state index < -0.39 is 0 Å². The second kappa shape index (κ2) is 6.16. The average molecular weight is 266 g/mol. The zero-order chi connectivity index (χ0) is 13.8. The Balaban J connectivity index is 1.83. The molecule has 2 rings (SSSR count). The van der Waals surface area contributed by atoms with E-state index in [2.05, 4.69) is 15.4 Å². The fraction of sp³-hybridized carbons (Fsp3) is 0.692. The van der Waals surface area contributed by atoms with E-state index in [0.717, 1.165) is 31.6 Å². The minimum absolute atomic E-state index is 0.0828. The fourth-order valence-electron chi connectivity index (χ4n) is 2.23. The Morgan fingerprint density at radius 3 is 3.11 bits per heavy atom. The summed E-state index contributed by atoms with van der Waals surface area (Å²) in [5.41, 5.74) is 6.73. The van der Waals surface area contributed by atoms with Crippen LogP contribution in [0, 0.1) is 0 Å². The second-order valence-electron chi connectivity index (χ2n) is 5.46. The van der Waals surface area contributed by atoms with E-state index >= 15 is 0 Å². The maximum atomic E-state index is 11.9. The summed E-state index contributed by atoms with van der Waals surface area (Å²) < 4.78 is 5.08. The quantitative estimate of drug-likeness (QED) is 0.854. The van der Waals surface area contributed by atoms with Crippen LogP contribution in [0.3, 0.4) is 0 Å². The van der Waals surface area contributed by atoms with Crippen LogP contribution >= 0.6 is 0 Å². The number of aromatic nitrogens is 1. The number of amides is 1. The summed E-state index contributed by atoms with van der Waals surface area (Å²) in [4.78, 5) is 14.0. The molecule has 1 atom stereocenters. The van der Waals surface area contributed by atoms with Gasteiger partial charge in [-0.2, -0.15) is 0 Å². The molecule has 1 aliphatic rings. The van der Waals surface area contributed by atoms with Gasteiger partial charge in [-0.1, -0.05) is 19.0 Å². The van der Waals surface area contributed by atoms with Crippen molar-refractivity contribution in [3.63, 3.8) is 0 Å². The van der Waals surface area contributed by atoms with E-state index in [1.54, 1.807) is 6.07 Å². The van der Waals surface area contributed by atoms with Crippen LogP contribution in [-0.2, 0) is 4.79 Å². The van der Waals surface area contributed by atoms with Crippen LogP contribution < -0.4 is 11.1 Å². The lowest BCUT2D eigenvalue weighted by Gasteiger charge is -2.29. The molecule has 1 aliphatic heterocycles. The maximum Gasteiger partial charge on any atom is 0.240 e. The summed E-state index contributed by atoms with van der Waals surface area (Å²) in [7, 11) is 0. The van der Waals surface area contributed by atoms with Crippen LogP contribution in [0.1, 0.15) is 38.3 Å². The van der Waals surface area contributed by atoms with Crippen molar-refractivity contribution >= 4 is 11.8 Å². The van der Waals surface area contributed by atoms with E-state index in [4.69, 9.17) is 10.3 Å². The first kappa shape index (κ1) is 14.0. The number of rotatable bonds is 4. The highest BCUT2D eigenvalue weighted by Gasteiger charge is 2.19. The maximum absolute atomic E-state index is 11.9. The zero-order valence-electron chi connectivity index (χ0n) is 11.6. The van der Waals surface area contributed by atoms with Crippen molar-refractivity contribution in [1.29, 1.82) is 0 Å². The molecule has 0 aliphatic carbocycles. The monoisotopic (exact) mass is 266 g/mol. The van der Waals surface area contributed by atoms with Crippen molar-refractivity contribution in [3.8, 4) is 0 Å². The number of carbonyl (C=O) groups is 1. The fourth-order valence-corrected chi connectivity index (χ4v) is 2.23. The number of likely N-dealkylation sites (tertiary alicyclic amines) is 1. The number of nitrogens with zero attached hydrogens (tertiary/aromatic N) is 2. The zero-order valence-corrected chi connectivity index (χ0v) is 11.6. The predicted molar refractivity (Wildman–Crippen MR) is 72.9 cm³/mol. The van der Waals surface area contributed by atoms with Gasteiger partial charge in [-0.15, -0.1) is 0 Å². The van der Waals surface area contributed by atoms with E-state index in [0.29, 0.717) is 12.4 Å². The van der Waals surface area contributed by atoms with E-state index in [9.17, 15) is 4.79 Å². The van der Waals surface area contributed by atoms with Crippen LogP contribution in [0.15, 0.2) is 10.6 Å². The molecule has 19 heavy (non-hydrogen) atoms. The molecule has 6 heteroatoms. The number of piperidine rings is 1. The van der Waals surface area contributed by atoms with Crippen LogP contribution in [0.25, 0.3) is 0 Å². The third-order valence-electron chi connectivity index (χ3n) is 3.29. The topological polar surface area (TPSA) is 84.4 Å². The van der Waals surface area contributed by atoms with Gasteiger partial charge in [-0.05, 0) is 25.3 Å². The summed E-state index contributed by atoms with van der Waals surface area (Å²) in [5.74, 6) is 0.616. The normalized spacial score (nSPS) is 20.7. The van der Waals surface area contributed by atoms with Gasteiger partial charge in [-0.3, -0.25) is 15.0 Å². The first-order valence-electron chi connectivity index (χ1n) is 6.79. The Kier molecular flexibility index (Phi) is 4.55. The van der Waals surface area contributed by atoms with Gasteiger partial charge < -0.3 is 10.3 Å². The molecule has 2 heterocycles. The van der Waals surface area contributed by atoms with Crippen LogP contribution in [0.5, 0.6) is 0 Å². The Labute approximate surface area is 113 Å². The van der Waals surface area contributed by atoms with Crippen molar-refractivity contribution in [2.75, 3.05) is 25.0 Å². The smallest absolute Gasteiger partial charge is 0.240 e. The molecule has 1 aromatic heterocycles. The third-order valence-corrected chi connectivity index (χ3v) is 3.29. The molecule has 6 nitrogen and oxygen atoms in total. The Bertz CT molecular complexity index is 430. The van der Waals surface area contributed by atoms with Gasteiger partial charge in [0.1, 0.15) is 0 Å². The first-order valence-corrected chi connectivity index (χ1v) is 6.79. The van der Waals surface area contributed by atoms with E-state index in [-0.39, 0.29) is 17.9 Å². The lowest BCUT2D eigenvalue weighted by molar-refractivity contribution is -0.117. The summed E-state index contributed by atoms with van der Waals surface area (Å²) in [6, 6.07) is 1.95. The predicted octanol–water partition coefficient (Wildman–Crippen LogP) is 1.16. The summed E-state index contributed by atoms with van der Waals surface area (Å²) >= 11 is 0. The minimum Gasteiger partial charge on any atom is -0.338 e. The van der Waals surface area contributed by atoms with Crippen LogP contribution in [0.2, 0.25) is 0 Å². The van der Waals surface area contributed by atoms with Crippen molar-refractivity contribution in [2.45, 2.75) is 38.6 Å². The Morgan fingerprint density at radius 1 is 1.68 bits per heavy atom. The SMILES string of the molecule is CC(C)c1cc(NC(=O)CN2CCC[C@@H](N)C2)on1. The Hall–Kier alpha value is -1.40. The van der Waals surface area contributed by atoms with Gasteiger partial charge in [0.05, 0.1) is 12.2 Å². The summed E-state index contributed by atoms with van der Waals surface area (Å²) in [6.45, 7) is 6.11. The van der Waals surface area contributed by atoms with Crippen molar-refractivity contribution < 1.29 is 9.32 Å². The average Bonchev–Trinajstić information content (AvgIpc) is 2.77. The van der Waals surface area contributed by atoms with Gasteiger partial charge in [0.2, 0.25) is 11.8 Å². The number of nitrogens with one attached hydrogen (secondary N) is 1. The van der Waals surface area contributed by atoms with Crippen molar-refractivity contribution in [2.24, 2.45) is 5.73 Å². The van der Waals surface area contributed by atoms with E-state index in [1.807, 2.05) is 13.8 Å². The molecule has 0 radical (unpaired) electrons. The van der Waals surface area contributed by atoms with Gasteiger partial charge in [0.15, 0.2) is 0 Å². The molecule has 106 valence electrons. The summed E-state index contributed by atoms with van der Waals surface area (Å²) in [5, 5.41) is 6.63. The molecule has 0 unspecified atom stereocenters. The number of hydrogen-bond donors (Lipinski definition) is 2. The Morgan fingerprint density at radius 2 is 2.47 bits per heavy atom. The molecule has 1 fully saturated rings.